The molecular formula is C8H13ClO4. The Labute approximate surface area is 82.7 Å². The zero-order chi connectivity index (χ0) is 9.52. The van der Waals surface area contributed by atoms with Crippen molar-refractivity contribution in [1.82, 2.24) is 0 Å². The normalized spacial score (nSPS) is 28.5. The highest BCUT2D eigenvalue weighted by molar-refractivity contribution is 5.88. The summed E-state index contributed by atoms with van der Waals surface area (Å²) in [6.45, 7) is 3.51. The monoisotopic (exact) mass is 208 g/mol. The summed E-state index contributed by atoms with van der Waals surface area (Å²) in [4.78, 5) is 21.6. The smallest absolute Gasteiger partial charge is 0.310 e. The molecule has 2 unspecified atom stereocenters. The van der Waals surface area contributed by atoms with Crippen LogP contribution in [0.5, 0.6) is 0 Å². The van der Waals surface area contributed by atoms with Crippen LogP contribution in [0.3, 0.4) is 0 Å². The number of methoxy groups -OCH3 is 1. The first-order valence-electron chi connectivity index (χ1n) is 3.73. The van der Waals surface area contributed by atoms with E-state index in [1.807, 2.05) is 0 Å². The fourth-order valence-corrected chi connectivity index (χ4v) is 1.67. The maximum atomic E-state index is 11.0. The van der Waals surface area contributed by atoms with Gasteiger partial charge in [0, 0.05) is 0 Å². The largest absolute Gasteiger partial charge is 0.481 e. The lowest BCUT2D eigenvalue weighted by molar-refractivity contribution is -0.146. The molecule has 5 heteroatoms. The highest BCUT2D eigenvalue weighted by Crippen LogP contribution is 2.58. The Morgan fingerprint density at radius 3 is 2.00 bits per heavy atom. The van der Waals surface area contributed by atoms with Crippen molar-refractivity contribution >= 4 is 24.3 Å². The van der Waals surface area contributed by atoms with Crippen molar-refractivity contribution in [2.45, 2.75) is 13.8 Å². The van der Waals surface area contributed by atoms with Crippen LogP contribution in [0.2, 0.25) is 0 Å². The Kier molecular flexibility index (Phi) is 3.33. The zero-order valence-corrected chi connectivity index (χ0v) is 8.55. The molecular weight excluding hydrogens is 196 g/mol. The van der Waals surface area contributed by atoms with Gasteiger partial charge in [0.25, 0.3) is 0 Å². The molecule has 1 fully saturated rings. The number of hydrogen-bond acceptors (Lipinski definition) is 3. The molecule has 0 bridgehead atoms. The summed E-state index contributed by atoms with van der Waals surface area (Å²) < 4.78 is 4.49. The highest BCUT2D eigenvalue weighted by atomic mass is 35.5. The SMILES string of the molecule is COC(=O)C1C(C(=O)O)C1(C)C.Cl. The van der Waals surface area contributed by atoms with Crippen LogP contribution in [-0.2, 0) is 14.3 Å². The predicted octanol–water partition coefficient (Wildman–Crippen LogP) is 0.938. The maximum Gasteiger partial charge on any atom is 0.310 e. The molecule has 2 atom stereocenters. The third-order valence-electron chi connectivity index (χ3n) is 2.55. The Morgan fingerprint density at radius 1 is 1.31 bits per heavy atom. The van der Waals surface area contributed by atoms with E-state index in [1.54, 1.807) is 13.8 Å². The Hall–Kier alpha value is -0.770. The van der Waals surface area contributed by atoms with Gasteiger partial charge in [-0.05, 0) is 5.41 Å². The molecule has 13 heavy (non-hydrogen) atoms. The van der Waals surface area contributed by atoms with Gasteiger partial charge >= 0.3 is 11.9 Å². The van der Waals surface area contributed by atoms with Crippen LogP contribution < -0.4 is 0 Å². The number of carboxylic acids is 1. The van der Waals surface area contributed by atoms with E-state index in [9.17, 15) is 9.59 Å². The third-order valence-corrected chi connectivity index (χ3v) is 2.55. The first-order valence-corrected chi connectivity index (χ1v) is 3.73. The lowest BCUT2D eigenvalue weighted by Gasteiger charge is -1.98. The average Bonchev–Trinajstić information content (AvgIpc) is 2.52. The zero-order valence-electron chi connectivity index (χ0n) is 7.73. The number of carboxylic acid groups (broad SMARTS) is 1. The van der Waals surface area contributed by atoms with Crippen molar-refractivity contribution in [2.75, 3.05) is 7.11 Å². The van der Waals surface area contributed by atoms with Crippen molar-refractivity contribution in [1.29, 1.82) is 0 Å². The van der Waals surface area contributed by atoms with Gasteiger partial charge < -0.3 is 9.84 Å². The van der Waals surface area contributed by atoms with Crippen LogP contribution in [-0.4, -0.2) is 24.2 Å². The molecule has 1 aliphatic rings. The molecule has 0 aromatic carbocycles. The molecule has 0 aliphatic heterocycles. The summed E-state index contributed by atoms with van der Waals surface area (Å²) in [5.41, 5.74) is -0.446. The van der Waals surface area contributed by atoms with E-state index < -0.39 is 29.2 Å². The van der Waals surface area contributed by atoms with Crippen LogP contribution >= 0.6 is 12.4 Å². The van der Waals surface area contributed by atoms with Gasteiger partial charge in [-0.15, -0.1) is 12.4 Å². The van der Waals surface area contributed by atoms with Crippen molar-refractivity contribution in [2.24, 2.45) is 17.3 Å². The Balaban J connectivity index is 0.00000144. The minimum absolute atomic E-state index is 0. The lowest BCUT2D eigenvalue weighted by atomic mass is 10.1. The van der Waals surface area contributed by atoms with Crippen molar-refractivity contribution in [3.8, 4) is 0 Å². The fraction of sp³-hybridized carbons (Fsp3) is 0.750. The van der Waals surface area contributed by atoms with E-state index in [1.165, 1.54) is 7.11 Å². The summed E-state index contributed by atoms with van der Waals surface area (Å²) in [6, 6.07) is 0. The number of rotatable bonds is 2. The molecule has 0 spiro atoms. The molecule has 0 amide bonds. The Morgan fingerprint density at radius 2 is 1.77 bits per heavy atom. The van der Waals surface area contributed by atoms with Gasteiger partial charge in [-0.1, -0.05) is 13.8 Å². The minimum Gasteiger partial charge on any atom is -0.481 e. The first kappa shape index (κ1) is 12.2. The average molecular weight is 209 g/mol. The minimum atomic E-state index is -0.921. The molecule has 0 radical (unpaired) electrons. The summed E-state index contributed by atoms with van der Waals surface area (Å²) in [5, 5.41) is 8.70. The van der Waals surface area contributed by atoms with Gasteiger partial charge in [0.1, 0.15) is 0 Å². The number of hydrogen-bond donors (Lipinski definition) is 1. The topological polar surface area (TPSA) is 63.6 Å². The van der Waals surface area contributed by atoms with E-state index in [2.05, 4.69) is 4.74 Å². The van der Waals surface area contributed by atoms with Crippen LogP contribution in [0.1, 0.15) is 13.8 Å². The summed E-state index contributed by atoms with van der Waals surface area (Å²) in [7, 11) is 1.27. The standard InChI is InChI=1S/C8H12O4.ClH/c1-8(2)4(6(9)10)5(8)7(11)12-3;/h4-5H,1-3H3,(H,9,10);1H. The molecule has 4 nitrogen and oxygen atoms in total. The molecule has 1 N–H and O–H groups in total. The van der Waals surface area contributed by atoms with Gasteiger partial charge in [0.15, 0.2) is 0 Å². The quantitative estimate of drug-likeness (QED) is 0.686. The molecule has 1 saturated carbocycles. The highest BCUT2D eigenvalue weighted by Gasteiger charge is 2.66. The predicted molar refractivity (Wildman–Crippen MR) is 47.7 cm³/mol. The second-order valence-electron chi connectivity index (χ2n) is 3.64. The maximum absolute atomic E-state index is 11.0. The summed E-state index contributed by atoms with van der Waals surface area (Å²) >= 11 is 0. The molecule has 0 aromatic heterocycles. The number of carbonyl (C=O) groups is 2. The number of esters is 1. The van der Waals surface area contributed by atoms with E-state index in [0.29, 0.717) is 0 Å². The van der Waals surface area contributed by atoms with Crippen molar-refractivity contribution < 1.29 is 19.4 Å². The summed E-state index contributed by atoms with van der Waals surface area (Å²) in [5.74, 6) is -2.40. The summed E-state index contributed by atoms with van der Waals surface area (Å²) in [6.07, 6.45) is 0. The molecule has 1 aliphatic carbocycles. The van der Waals surface area contributed by atoms with E-state index in [0.717, 1.165) is 0 Å². The van der Waals surface area contributed by atoms with E-state index in [4.69, 9.17) is 5.11 Å². The molecule has 0 heterocycles. The van der Waals surface area contributed by atoms with Gasteiger partial charge in [0.05, 0.1) is 18.9 Å². The van der Waals surface area contributed by atoms with Gasteiger partial charge in [-0.2, -0.15) is 0 Å². The van der Waals surface area contributed by atoms with Gasteiger partial charge in [0.2, 0.25) is 0 Å². The second kappa shape index (κ2) is 3.54. The number of ether oxygens (including phenoxy) is 1. The third kappa shape index (κ3) is 1.77. The lowest BCUT2D eigenvalue weighted by Crippen LogP contribution is -2.09. The number of carbonyl (C=O) groups excluding carboxylic acids is 1. The van der Waals surface area contributed by atoms with Crippen LogP contribution in [0, 0.1) is 17.3 Å². The molecule has 76 valence electrons. The van der Waals surface area contributed by atoms with Gasteiger partial charge in [-0.3, -0.25) is 9.59 Å². The van der Waals surface area contributed by atoms with Gasteiger partial charge in [-0.25, -0.2) is 0 Å². The van der Waals surface area contributed by atoms with Crippen molar-refractivity contribution in [3.05, 3.63) is 0 Å². The number of aliphatic carboxylic acids is 1. The fourth-order valence-electron chi connectivity index (χ4n) is 1.67. The van der Waals surface area contributed by atoms with Crippen LogP contribution in [0.4, 0.5) is 0 Å². The van der Waals surface area contributed by atoms with Crippen molar-refractivity contribution in [3.63, 3.8) is 0 Å². The van der Waals surface area contributed by atoms with Crippen LogP contribution in [0.15, 0.2) is 0 Å². The Bertz CT molecular complexity index is 236. The van der Waals surface area contributed by atoms with E-state index in [-0.39, 0.29) is 12.4 Å². The first-order chi connectivity index (χ1) is 5.42. The van der Waals surface area contributed by atoms with E-state index >= 15 is 0 Å². The molecule has 0 aromatic rings. The molecule has 1 rings (SSSR count). The second-order valence-corrected chi connectivity index (χ2v) is 3.64. The number of halogens is 1. The van der Waals surface area contributed by atoms with Crippen LogP contribution in [0.25, 0.3) is 0 Å². The molecule has 0 saturated heterocycles.